The van der Waals surface area contributed by atoms with Crippen LogP contribution >= 0.6 is 0 Å². The quantitative estimate of drug-likeness (QED) is 0.846. The van der Waals surface area contributed by atoms with Crippen molar-refractivity contribution in [2.24, 2.45) is 5.41 Å². The van der Waals surface area contributed by atoms with Gasteiger partial charge in [0.2, 0.25) is 0 Å². The fraction of sp³-hybridized carbons (Fsp3) is 0.579. The van der Waals surface area contributed by atoms with E-state index >= 15 is 0 Å². The summed E-state index contributed by atoms with van der Waals surface area (Å²) in [6.07, 6.45) is 8.48. The van der Waals surface area contributed by atoms with E-state index in [1.165, 1.54) is 17.5 Å². The van der Waals surface area contributed by atoms with Crippen molar-refractivity contribution in [3.8, 4) is 0 Å². The molecule has 2 aliphatic rings. The minimum absolute atomic E-state index is 0.348. The zero-order valence-electron chi connectivity index (χ0n) is 14.6. The molecule has 0 aromatic carbocycles. The van der Waals surface area contributed by atoms with Crippen LogP contribution < -0.4 is 0 Å². The maximum atomic E-state index is 6.09. The number of aryl methyl sites for hydroxylation is 2. The third kappa shape index (κ3) is 3.10. The SMILES string of the molecule is CCn1cc(CN2CC3(CO[C@H](Cc4cccnc4)C3)C2)c(C)n1. The van der Waals surface area contributed by atoms with Crippen molar-refractivity contribution in [1.29, 1.82) is 0 Å². The maximum absolute atomic E-state index is 6.09. The fourth-order valence-electron chi connectivity index (χ4n) is 4.16. The van der Waals surface area contributed by atoms with Gasteiger partial charge in [0, 0.05) is 62.2 Å². The second kappa shape index (κ2) is 6.30. The van der Waals surface area contributed by atoms with Crippen LogP contribution in [0.4, 0.5) is 0 Å². The highest BCUT2D eigenvalue weighted by Gasteiger charge is 2.48. The average Bonchev–Trinajstić information content (AvgIpc) is 3.12. The lowest BCUT2D eigenvalue weighted by atomic mass is 9.77. The summed E-state index contributed by atoms with van der Waals surface area (Å²) in [5.74, 6) is 0. The van der Waals surface area contributed by atoms with E-state index in [4.69, 9.17) is 4.74 Å². The molecule has 128 valence electrons. The van der Waals surface area contributed by atoms with Gasteiger partial charge in [-0.1, -0.05) is 6.07 Å². The second-order valence-corrected chi connectivity index (χ2v) is 7.44. The zero-order valence-corrected chi connectivity index (χ0v) is 14.6. The minimum Gasteiger partial charge on any atom is -0.377 e. The maximum Gasteiger partial charge on any atom is 0.0638 e. The summed E-state index contributed by atoms with van der Waals surface area (Å²) in [5, 5.41) is 4.55. The molecule has 5 nitrogen and oxygen atoms in total. The minimum atomic E-state index is 0.348. The first kappa shape index (κ1) is 15.8. The van der Waals surface area contributed by atoms with E-state index in [0.29, 0.717) is 11.5 Å². The number of hydrogen-bond donors (Lipinski definition) is 0. The fourth-order valence-corrected chi connectivity index (χ4v) is 4.16. The van der Waals surface area contributed by atoms with E-state index in [1.807, 2.05) is 23.1 Å². The monoisotopic (exact) mass is 326 g/mol. The molecule has 0 amide bonds. The molecule has 2 aromatic heterocycles. The summed E-state index contributed by atoms with van der Waals surface area (Å²) in [4.78, 5) is 6.73. The molecule has 2 fully saturated rings. The van der Waals surface area contributed by atoms with Crippen molar-refractivity contribution in [1.82, 2.24) is 19.7 Å². The smallest absolute Gasteiger partial charge is 0.0638 e. The van der Waals surface area contributed by atoms with Crippen LogP contribution in [0.1, 0.15) is 30.2 Å². The molecule has 0 saturated carbocycles. The second-order valence-electron chi connectivity index (χ2n) is 7.44. The highest BCUT2D eigenvalue weighted by Crippen LogP contribution is 2.42. The molecule has 1 spiro atoms. The lowest BCUT2D eigenvalue weighted by Gasteiger charge is -2.47. The molecule has 1 atom stereocenters. The van der Waals surface area contributed by atoms with Crippen LogP contribution in [0.3, 0.4) is 0 Å². The lowest BCUT2D eigenvalue weighted by Crippen LogP contribution is -2.56. The Bertz CT molecular complexity index is 691. The molecule has 4 rings (SSSR count). The van der Waals surface area contributed by atoms with E-state index in [0.717, 1.165) is 44.9 Å². The van der Waals surface area contributed by atoms with Crippen molar-refractivity contribution >= 4 is 0 Å². The van der Waals surface area contributed by atoms with E-state index in [2.05, 4.69) is 41.1 Å². The highest BCUT2D eigenvalue weighted by molar-refractivity contribution is 5.17. The molecule has 0 bridgehead atoms. The molecule has 0 radical (unpaired) electrons. The summed E-state index contributed by atoms with van der Waals surface area (Å²) in [6, 6.07) is 4.15. The molecule has 24 heavy (non-hydrogen) atoms. The van der Waals surface area contributed by atoms with Gasteiger partial charge < -0.3 is 4.74 Å². The molecule has 5 heteroatoms. The first-order chi connectivity index (χ1) is 11.7. The predicted octanol–water partition coefficient (Wildman–Crippen LogP) is 2.44. The average molecular weight is 326 g/mol. The van der Waals surface area contributed by atoms with Crippen LogP contribution in [0.15, 0.2) is 30.7 Å². The normalized spacial score (nSPS) is 22.8. The highest BCUT2D eigenvalue weighted by atomic mass is 16.5. The van der Waals surface area contributed by atoms with Gasteiger partial charge in [-0.15, -0.1) is 0 Å². The number of likely N-dealkylation sites (tertiary alicyclic amines) is 1. The Hall–Kier alpha value is -1.72. The standard InChI is InChI=1S/C19H26N4O/c1-3-23-11-17(15(2)21-23)10-22-12-19(13-22)8-18(24-14-19)7-16-5-4-6-20-9-16/h4-6,9,11,18H,3,7-8,10,12-14H2,1-2H3/t18-/m1/s1. The summed E-state index contributed by atoms with van der Waals surface area (Å²) in [7, 11) is 0. The number of hydrogen-bond acceptors (Lipinski definition) is 4. The number of pyridine rings is 1. The third-order valence-electron chi connectivity index (χ3n) is 5.36. The summed E-state index contributed by atoms with van der Waals surface area (Å²) < 4.78 is 8.12. The Morgan fingerprint density at radius 3 is 2.96 bits per heavy atom. The Labute approximate surface area is 143 Å². The Balaban J connectivity index is 1.30. The Kier molecular flexibility index (Phi) is 4.14. The van der Waals surface area contributed by atoms with Crippen LogP contribution in [-0.4, -0.2) is 45.5 Å². The van der Waals surface area contributed by atoms with Crippen molar-refractivity contribution in [3.05, 3.63) is 47.5 Å². The molecule has 0 unspecified atom stereocenters. The molecule has 2 aliphatic heterocycles. The van der Waals surface area contributed by atoms with E-state index in [-0.39, 0.29) is 0 Å². The van der Waals surface area contributed by atoms with Crippen molar-refractivity contribution in [2.75, 3.05) is 19.7 Å². The van der Waals surface area contributed by atoms with Crippen LogP contribution in [0.25, 0.3) is 0 Å². The number of ether oxygens (including phenoxy) is 1. The first-order valence-corrected chi connectivity index (χ1v) is 8.92. The molecular weight excluding hydrogens is 300 g/mol. The van der Waals surface area contributed by atoms with E-state index in [9.17, 15) is 0 Å². The van der Waals surface area contributed by atoms with Crippen LogP contribution in [-0.2, 0) is 24.2 Å². The van der Waals surface area contributed by atoms with Crippen molar-refractivity contribution in [2.45, 2.75) is 45.9 Å². The van der Waals surface area contributed by atoms with Crippen molar-refractivity contribution in [3.63, 3.8) is 0 Å². The van der Waals surface area contributed by atoms with Gasteiger partial charge >= 0.3 is 0 Å². The summed E-state index contributed by atoms with van der Waals surface area (Å²) in [6.45, 7) is 9.39. The van der Waals surface area contributed by atoms with Crippen molar-refractivity contribution < 1.29 is 4.74 Å². The largest absolute Gasteiger partial charge is 0.377 e. The van der Waals surface area contributed by atoms with Gasteiger partial charge in [-0.05, 0) is 31.9 Å². The van der Waals surface area contributed by atoms with E-state index < -0.39 is 0 Å². The van der Waals surface area contributed by atoms with Gasteiger partial charge in [-0.3, -0.25) is 14.6 Å². The summed E-state index contributed by atoms with van der Waals surface area (Å²) in [5.41, 5.74) is 4.17. The van der Waals surface area contributed by atoms with Crippen LogP contribution in [0, 0.1) is 12.3 Å². The first-order valence-electron chi connectivity index (χ1n) is 8.92. The van der Waals surface area contributed by atoms with Crippen LogP contribution in [0.5, 0.6) is 0 Å². The molecule has 2 saturated heterocycles. The Morgan fingerprint density at radius 2 is 2.25 bits per heavy atom. The van der Waals surface area contributed by atoms with Gasteiger partial charge in [0.25, 0.3) is 0 Å². The van der Waals surface area contributed by atoms with Gasteiger partial charge in [0.05, 0.1) is 18.4 Å². The lowest BCUT2D eigenvalue weighted by molar-refractivity contribution is -0.0141. The molecule has 0 N–H and O–H groups in total. The molecule has 2 aromatic rings. The topological polar surface area (TPSA) is 43.2 Å². The van der Waals surface area contributed by atoms with Crippen LogP contribution in [0.2, 0.25) is 0 Å². The summed E-state index contributed by atoms with van der Waals surface area (Å²) >= 11 is 0. The van der Waals surface area contributed by atoms with E-state index in [1.54, 1.807) is 0 Å². The molecule has 4 heterocycles. The number of rotatable bonds is 5. The van der Waals surface area contributed by atoms with Gasteiger partial charge in [0.1, 0.15) is 0 Å². The predicted molar refractivity (Wildman–Crippen MR) is 92.6 cm³/mol. The van der Waals surface area contributed by atoms with Gasteiger partial charge in [0.15, 0.2) is 0 Å². The molecular formula is C19H26N4O. The Morgan fingerprint density at radius 1 is 1.38 bits per heavy atom. The number of nitrogens with zero attached hydrogens (tertiary/aromatic N) is 4. The third-order valence-corrected chi connectivity index (χ3v) is 5.36. The van der Waals surface area contributed by atoms with Gasteiger partial charge in [-0.2, -0.15) is 5.10 Å². The number of aromatic nitrogens is 3. The molecule has 0 aliphatic carbocycles. The van der Waals surface area contributed by atoms with Gasteiger partial charge in [-0.25, -0.2) is 0 Å². The zero-order chi connectivity index (χ0) is 16.6.